The molecule has 1 aliphatic heterocycles. The van der Waals surface area contributed by atoms with Crippen LogP contribution in [-0.2, 0) is 6.61 Å². The van der Waals surface area contributed by atoms with E-state index in [0.29, 0.717) is 18.7 Å². The van der Waals surface area contributed by atoms with Crippen LogP contribution in [-0.4, -0.2) is 29.9 Å². The molecular formula is C18H21ClN2O2. The van der Waals surface area contributed by atoms with Crippen LogP contribution < -0.4 is 10.5 Å². The molecule has 2 aromatic carbocycles. The second-order valence-electron chi connectivity index (χ2n) is 5.60. The number of likely N-dealkylation sites (tertiary alicyclic amines) is 1. The number of carbonyl (C=O) groups is 1. The summed E-state index contributed by atoms with van der Waals surface area (Å²) in [7, 11) is 0. The van der Waals surface area contributed by atoms with Gasteiger partial charge in [-0.05, 0) is 36.2 Å². The number of nitrogens with zero attached hydrogens (tertiary/aromatic N) is 1. The summed E-state index contributed by atoms with van der Waals surface area (Å²) in [5.41, 5.74) is 7.65. The Kier molecular flexibility index (Phi) is 6.02. The minimum Gasteiger partial charge on any atom is -0.489 e. The largest absolute Gasteiger partial charge is 0.489 e. The normalized spacial score (nSPS) is 16.7. The smallest absolute Gasteiger partial charge is 0.253 e. The summed E-state index contributed by atoms with van der Waals surface area (Å²) in [6, 6.07) is 17.4. The van der Waals surface area contributed by atoms with Crippen LogP contribution in [0.4, 0.5) is 0 Å². The summed E-state index contributed by atoms with van der Waals surface area (Å²) in [6.07, 6.45) is 0.879. The number of benzene rings is 2. The number of nitrogens with two attached hydrogens (primary N) is 1. The molecule has 0 aromatic heterocycles. The van der Waals surface area contributed by atoms with Crippen molar-refractivity contribution in [1.29, 1.82) is 0 Å². The SMILES string of the molecule is Cl.NC1CCN(C(=O)c2ccc(OCc3ccccc3)cc2)C1. The molecule has 122 valence electrons. The lowest BCUT2D eigenvalue weighted by Crippen LogP contribution is -2.31. The first-order chi connectivity index (χ1) is 10.7. The van der Waals surface area contributed by atoms with E-state index >= 15 is 0 Å². The summed E-state index contributed by atoms with van der Waals surface area (Å²) in [6.45, 7) is 1.91. The monoisotopic (exact) mass is 332 g/mol. The summed E-state index contributed by atoms with van der Waals surface area (Å²) >= 11 is 0. The highest BCUT2D eigenvalue weighted by Gasteiger charge is 2.24. The first-order valence-corrected chi connectivity index (χ1v) is 7.54. The molecule has 1 fully saturated rings. The van der Waals surface area contributed by atoms with Gasteiger partial charge >= 0.3 is 0 Å². The lowest BCUT2D eigenvalue weighted by atomic mass is 10.2. The van der Waals surface area contributed by atoms with Crippen molar-refractivity contribution in [3.8, 4) is 5.75 Å². The Balaban J connectivity index is 0.00000192. The number of hydrogen-bond acceptors (Lipinski definition) is 3. The molecule has 2 aromatic rings. The molecule has 0 aliphatic carbocycles. The van der Waals surface area contributed by atoms with Crippen LogP contribution in [0.15, 0.2) is 54.6 Å². The predicted octanol–water partition coefficient (Wildman–Crippen LogP) is 2.86. The Morgan fingerprint density at radius 3 is 2.43 bits per heavy atom. The average molecular weight is 333 g/mol. The molecule has 0 saturated carbocycles. The third-order valence-electron chi connectivity index (χ3n) is 3.86. The van der Waals surface area contributed by atoms with Crippen LogP contribution in [0.2, 0.25) is 0 Å². The Bertz CT molecular complexity index is 631. The fourth-order valence-corrected chi connectivity index (χ4v) is 2.59. The molecule has 5 heteroatoms. The quantitative estimate of drug-likeness (QED) is 0.936. The first kappa shape index (κ1) is 17.3. The molecule has 0 radical (unpaired) electrons. The van der Waals surface area contributed by atoms with Crippen LogP contribution in [0.3, 0.4) is 0 Å². The first-order valence-electron chi connectivity index (χ1n) is 7.54. The van der Waals surface area contributed by atoms with E-state index in [0.717, 1.165) is 24.3 Å². The molecule has 23 heavy (non-hydrogen) atoms. The van der Waals surface area contributed by atoms with Crippen LogP contribution in [0.5, 0.6) is 5.75 Å². The van der Waals surface area contributed by atoms with Crippen molar-refractivity contribution in [3.63, 3.8) is 0 Å². The van der Waals surface area contributed by atoms with Crippen molar-refractivity contribution in [2.45, 2.75) is 19.1 Å². The summed E-state index contributed by atoms with van der Waals surface area (Å²) in [4.78, 5) is 14.1. The average Bonchev–Trinajstić information content (AvgIpc) is 3.00. The summed E-state index contributed by atoms with van der Waals surface area (Å²) in [5, 5.41) is 0. The molecule has 3 rings (SSSR count). The summed E-state index contributed by atoms with van der Waals surface area (Å²) in [5.74, 6) is 0.807. The lowest BCUT2D eigenvalue weighted by Gasteiger charge is -2.16. The number of hydrogen-bond donors (Lipinski definition) is 1. The maximum Gasteiger partial charge on any atom is 0.253 e. The van der Waals surface area contributed by atoms with E-state index in [1.54, 1.807) is 0 Å². The number of ether oxygens (including phenoxy) is 1. The van der Waals surface area contributed by atoms with Gasteiger partial charge in [-0.3, -0.25) is 4.79 Å². The minimum atomic E-state index is 0. The van der Waals surface area contributed by atoms with E-state index in [4.69, 9.17) is 10.5 Å². The molecule has 1 aliphatic rings. The standard InChI is InChI=1S/C18H20N2O2.ClH/c19-16-10-11-20(12-16)18(21)15-6-8-17(9-7-15)22-13-14-4-2-1-3-5-14;/h1-9,16H,10-13,19H2;1H. The van der Waals surface area contributed by atoms with Crippen molar-refractivity contribution in [1.82, 2.24) is 4.90 Å². The fourth-order valence-electron chi connectivity index (χ4n) is 2.59. The number of halogens is 1. The maximum absolute atomic E-state index is 12.3. The van der Waals surface area contributed by atoms with Crippen molar-refractivity contribution < 1.29 is 9.53 Å². The lowest BCUT2D eigenvalue weighted by molar-refractivity contribution is 0.0791. The van der Waals surface area contributed by atoms with Gasteiger partial charge < -0.3 is 15.4 Å². The van der Waals surface area contributed by atoms with Crippen LogP contribution >= 0.6 is 12.4 Å². The molecule has 0 spiro atoms. The molecule has 1 amide bonds. The molecule has 1 atom stereocenters. The molecule has 2 N–H and O–H groups in total. The van der Waals surface area contributed by atoms with Gasteiger partial charge in [0, 0.05) is 24.7 Å². The van der Waals surface area contributed by atoms with Gasteiger partial charge in [-0.25, -0.2) is 0 Å². The van der Waals surface area contributed by atoms with Gasteiger partial charge in [0.05, 0.1) is 0 Å². The molecule has 1 saturated heterocycles. The summed E-state index contributed by atoms with van der Waals surface area (Å²) < 4.78 is 5.72. The highest BCUT2D eigenvalue weighted by atomic mass is 35.5. The van der Waals surface area contributed by atoms with E-state index in [1.807, 2.05) is 59.5 Å². The van der Waals surface area contributed by atoms with Gasteiger partial charge in [-0.15, -0.1) is 12.4 Å². The Hall–Kier alpha value is -2.04. The zero-order chi connectivity index (χ0) is 15.4. The topological polar surface area (TPSA) is 55.6 Å². The van der Waals surface area contributed by atoms with Crippen LogP contribution in [0.25, 0.3) is 0 Å². The van der Waals surface area contributed by atoms with E-state index in [9.17, 15) is 4.79 Å². The molecule has 0 bridgehead atoms. The minimum absolute atomic E-state index is 0. The Morgan fingerprint density at radius 1 is 1.13 bits per heavy atom. The van der Waals surface area contributed by atoms with Gasteiger partial charge in [0.15, 0.2) is 0 Å². The zero-order valence-electron chi connectivity index (χ0n) is 12.9. The Morgan fingerprint density at radius 2 is 1.83 bits per heavy atom. The molecular weight excluding hydrogens is 312 g/mol. The van der Waals surface area contributed by atoms with Crippen LogP contribution in [0.1, 0.15) is 22.3 Å². The molecule has 1 unspecified atom stereocenters. The van der Waals surface area contributed by atoms with E-state index < -0.39 is 0 Å². The molecule has 4 nitrogen and oxygen atoms in total. The van der Waals surface area contributed by atoms with Gasteiger partial charge in [-0.1, -0.05) is 30.3 Å². The van der Waals surface area contributed by atoms with Crippen LogP contribution in [0, 0.1) is 0 Å². The van der Waals surface area contributed by atoms with Gasteiger partial charge in [0.2, 0.25) is 0 Å². The highest BCUT2D eigenvalue weighted by Crippen LogP contribution is 2.17. The van der Waals surface area contributed by atoms with Crippen molar-refractivity contribution in [3.05, 3.63) is 65.7 Å². The van der Waals surface area contributed by atoms with E-state index in [1.165, 1.54) is 0 Å². The van der Waals surface area contributed by atoms with E-state index in [-0.39, 0.29) is 24.4 Å². The zero-order valence-corrected chi connectivity index (χ0v) is 13.7. The van der Waals surface area contributed by atoms with Gasteiger partial charge in [0.1, 0.15) is 12.4 Å². The predicted molar refractivity (Wildman–Crippen MR) is 93.0 cm³/mol. The van der Waals surface area contributed by atoms with Crippen molar-refractivity contribution in [2.24, 2.45) is 5.73 Å². The number of amides is 1. The second kappa shape index (κ2) is 7.99. The number of rotatable bonds is 4. The molecule has 1 heterocycles. The maximum atomic E-state index is 12.3. The van der Waals surface area contributed by atoms with E-state index in [2.05, 4.69) is 0 Å². The third kappa shape index (κ3) is 4.47. The number of carbonyl (C=O) groups excluding carboxylic acids is 1. The highest BCUT2D eigenvalue weighted by molar-refractivity contribution is 5.94. The van der Waals surface area contributed by atoms with Crippen molar-refractivity contribution >= 4 is 18.3 Å². The Labute approximate surface area is 142 Å². The second-order valence-corrected chi connectivity index (χ2v) is 5.60. The van der Waals surface area contributed by atoms with Gasteiger partial charge in [-0.2, -0.15) is 0 Å². The third-order valence-corrected chi connectivity index (χ3v) is 3.86. The van der Waals surface area contributed by atoms with Crippen molar-refractivity contribution in [2.75, 3.05) is 13.1 Å². The van der Waals surface area contributed by atoms with Gasteiger partial charge in [0.25, 0.3) is 5.91 Å². The fraction of sp³-hybridized carbons (Fsp3) is 0.278.